The van der Waals surface area contributed by atoms with Crippen LogP contribution in [-0.4, -0.2) is 36.0 Å². The number of β-amino-alcohol motifs (C(OH)–C–C–N with tert-alkyl or cyclic N) is 1. The first kappa shape index (κ1) is 12.5. The lowest BCUT2D eigenvalue weighted by atomic mass is 10.0. The second-order valence-electron chi connectivity index (χ2n) is 5.02. The van der Waals surface area contributed by atoms with E-state index in [4.69, 9.17) is 0 Å². The highest BCUT2D eigenvalue weighted by Crippen LogP contribution is 2.33. The third-order valence-corrected chi connectivity index (χ3v) is 5.21. The SMILES string of the molecule is CC1(C)CC(O)CN1S(=O)(=O)c1ccccc1. The number of hydrogen-bond acceptors (Lipinski definition) is 3. The van der Waals surface area contributed by atoms with Crippen LogP contribution >= 0.6 is 0 Å². The smallest absolute Gasteiger partial charge is 0.243 e. The lowest BCUT2D eigenvalue weighted by Crippen LogP contribution is -2.42. The van der Waals surface area contributed by atoms with Crippen LogP contribution in [0.2, 0.25) is 0 Å². The van der Waals surface area contributed by atoms with Gasteiger partial charge in [0, 0.05) is 12.1 Å². The fourth-order valence-electron chi connectivity index (χ4n) is 2.32. The van der Waals surface area contributed by atoms with Crippen LogP contribution in [-0.2, 0) is 10.0 Å². The highest BCUT2D eigenvalue weighted by Gasteiger charge is 2.44. The second kappa shape index (κ2) is 4.08. The zero-order valence-corrected chi connectivity index (χ0v) is 10.8. The third-order valence-electron chi connectivity index (χ3n) is 3.12. The molecule has 1 heterocycles. The molecule has 1 atom stereocenters. The number of aliphatic hydroxyl groups is 1. The van der Waals surface area contributed by atoms with Crippen molar-refractivity contribution in [2.75, 3.05) is 6.54 Å². The summed E-state index contributed by atoms with van der Waals surface area (Å²) in [5.41, 5.74) is -0.534. The van der Waals surface area contributed by atoms with Crippen molar-refractivity contribution in [1.82, 2.24) is 4.31 Å². The van der Waals surface area contributed by atoms with Crippen molar-refractivity contribution in [2.45, 2.75) is 36.8 Å². The molecule has 0 radical (unpaired) electrons. The summed E-state index contributed by atoms with van der Waals surface area (Å²) in [5.74, 6) is 0. The van der Waals surface area contributed by atoms with E-state index in [1.807, 2.05) is 13.8 Å². The van der Waals surface area contributed by atoms with Crippen LogP contribution in [0.25, 0.3) is 0 Å². The fourth-order valence-corrected chi connectivity index (χ4v) is 4.17. The molecule has 0 aromatic heterocycles. The fraction of sp³-hybridized carbons (Fsp3) is 0.500. The Bertz CT molecular complexity index is 496. The molecule has 1 saturated heterocycles. The Balaban J connectivity index is 2.41. The molecular weight excluding hydrogens is 238 g/mol. The molecule has 1 aliphatic heterocycles. The number of nitrogens with zero attached hydrogens (tertiary/aromatic N) is 1. The van der Waals surface area contributed by atoms with E-state index >= 15 is 0 Å². The summed E-state index contributed by atoms with van der Waals surface area (Å²) >= 11 is 0. The van der Waals surface area contributed by atoms with E-state index in [-0.39, 0.29) is 11.4 Å². The minimum atomic E-state index is -3.51. The molecule has 5 heteroatoms. The summed E-state index contributed by atoms with van der Waals surface area (Å²) in [4.78, 5) is 0.280. The van der Waals surface area contributed by atoms with Crippen molar-refractivity contribution >= 4 is 10.0 Å². The lowest BCUT2D eigenvalue weighted by Gasteiger charge is -2.30. The van der Waals surface area contributed by atoms with Crippen molar-refractivity contribution in [3.63, 3.8) is 0 Å². The van der Waals surface area contributed by atoms with Gasteiger partial charge < -0.3 is 5.11 Å². The van der Waals surface area contributed by atoms with Crippen LogP contribution in [0.5, 0.6) is 0 Å². The topological polar surface area (TPSA) is 57.6 Å². The average Bonchev–Trinajstić information content (AvgIpc) is 2.54. The van der Waals surface area contributed by atoms with Gasteiger partial charge in [-0.3, -0.25) is 0 Å². The van der Waals surface area contributed by atoms with Gasteiger partial charge in [-0.1, -0.05) is 18.2 Å². The molecule has 2 rings (SSSR count). The number of sulfonamides is 1. The first-order valence-corrected chi connectivity index (χ1v) is 7.04. The number of benzene rings is 1. The Morgan fingerprint density at radius 2 is 1.88 bits per heavy atom. The molecule has 4 nitrogen and oxygen atoms in total. The Morgan fingerprint density at radius 1 is 1.29 bits per heavy atom. The minimum Gasteiger partial charge on any atom is -0.392 e. The van der Waals surface area contributed by atoms with Crippen molar-refractivity contribution in [3.8, 4) is 0 Å². The van der Waals surface area contributed by atoms with Gasteiger partial charge in [0.05, 0.1) is 11.0 Å². The lowest BCUT2D eigenvalue weighted by molar-refractivity contribution is 0.187. The van der Waals surface area contributed by atoms with E-state index in [0.29, 0.717) is 6.42 Å². The molecule has 1 fully saturated rings. The molecular formula is C12H17NO3S. The predicted octanol–water partition coefficient (Wildman–Crippen LogP) is 1.22. The maximum absolute atomic E-state index is 12.4. The molecule has 94 valence electrons. The molecule has 0 aliphatic carbocycles. The standard InChI is InChI=1S/C12H17NO3S/c1-12(2)8-10(14)9-13(12)17(15,16)11-6-4-3-5-7-11/h3-7,10,14H,8-9H2,1-2H3. The van der Waals surface area contributed by atoms with Crippen LogP contribution < -0.4 is 0 Å². The van der Waals surface area contributed by atoms with Crippen LogP contribution in [0, 0.1) is 0 Å². The highest BCUT2D eigenvalue weighted by molar-refractivity contribution is 7.89. The van der Waals surface area contributed by atoms with Gasteiger partial charge in [-0.15, -0.1) is 0 Å². The maximum Gasteiger partial charge on any atom is 0.243 e. The molecule has 1 N–H and O–H groups in total. The Kier molecular flexibility index (Phi) is 3.01. The first-order chi connectivity index (χ1) is 7.84. The largest absolute Gasteiger partial charge is 0.392 e. The van der Waals surface area contributed by atoms with E-state index in [1.54, 1.807) is 30.3 Å². The molecule has 0 amide bonds. The van der Waals surface area contributed by atoms with Gasteiger partial charge >= 0.3 is 0 Å². The molecule has 1 aliphatic rings. The van der Waals surface area contributed by atoms with Crippen LogP contribution in [0.15, 0.2) is 35.2 Å². The molecule has 1 aromatic rings. The van der Waals surface area contributed by atoms with E-state index in [0.717, 1.165) is 0 Å². The molecule has 0 bridgehead atoms. The summed E-state index contributed by atoms with van der Waals surface area (Å²) in [6.45, 7) is 3.84. The number of hydrogen-bond donors (Lipinski definition) is 1. The highest BCUT2D eigenvalue weighted by atomic mass is 32.2. The average molecular weight is 255 g/mol. The normalized spacial score (nSPS) is 25.0. The van der Waals surface area contributed by atoms with Crippen LogP contribution in [0.3, 0.4) is 0 Å². The third kappa shape index (κ3) is 2.22. The number of aliphatic hydroxyl groups excluding tert-OH is 1. The van der Waals surface area contributed by atoms with Gasteiger partial charge in [-0.25, -0.2) is 8.42 Å². The van der Waals surface area contributed by atoms with E-state index in [1.165, 1.54) is 4.31 Å². The maximum atomic E-state index is 12.4. The second-order valence-corrected chi connectivity index (χ2v) is 6.88. The summed E-state index contributed by atoms with van der Waals surface area (Å²) in [7, 11) is -3.51. The molecule has 1 unspecified atom stereocenters. The van der Waals surface area contributed by atoms with Gasteiger partial charge in [0.1, 0.15) is 0 Å². The summed E-state index contributed by atoms with van der Waals surface area (Å²) < 4.78 is 26.2. The molecule has 0 saturated carbocycles. The van der Waals surface area contributed by atoms with Crippen molar-refractivity contribution in [3.05, 3.63) is 30.3 Å². The van der Waals surface area contributed by atoms with E-state index in [2.05, 4.69) is 0 Å². The Morgan fingerprint density at radius 3 is 2.35 bits per heavy atom. The zero-order chi connectivity index (χ0) is 12.7. The zero-order valence-electron chi connectivity index (χ0n) is 10.00. The molecule has 1 aromatic carbocycles. The summed E-state index contributed by atoms with van der Waals surface area (Å²) in [6.07, 6.45) is -0.109. The van der Waals surface area contributed by atoms with Gasteiger partial charge in [0.2, 0.25) is 10.0 Å². The van der Waals surface area contributed by atoms with Gasteiger partial charge in [0.15, 0.2) is 0 Å². The van der Waals surface area contributed by atoms with Gasteiger partial charge in [-0.05, 0) is 32.4 Å². The van der Waals surface area contributed by atoms with Crippen molar-refractivity contribution in [2.24, 2.45) is 0 Å². The summed E-state index contributed by atoms with van der Waals surface area (Å²) in [6, 6.07) is 8.34. The quantitative estimate of drug-likeness (QED) is 0.864. The minimum absolute atomic E-state index is 0.171. The van der Waals surface area contributed by atoms with Crippen LogP contribution in [0.1, 0.15) is 20.3 Å². The molecule has 0 spiro atoms. The Labute approximate surface area is 102 Å². The van der Waals surface area contributed by atoms with Gasteiger partial charge in [0.25, 0.3) is 0 Å². The van der Waals surface area contributed by atoms with E-state index in [9.17, 15) is 13.5 Å². The van der Waals surface area contributed by atoms with Crippen molar-refractivity contribution < 1.29 is 13.5 Å². The predicted molar refractivity (Wildman–Crippen MR) is 65.0 cm³/mol. The van der Waals surface area contributed by atoms with Crippen molar-refractivity contribution in [1.29, 1.82) is 0 Å². The summed E-state index contributed by atoms with van der Waals surface area (Å²) in [5, 5.41) is 9.64. The van der Waals surface area contributed by atoms with E-state index < -0.39 is 21.7 Å². The first-order valence-electron chi connectivity index (χ1n) is 5.60. The molecule has 17 heavy (non-hydrogen) atoms. The Hall–Kier alpha value is -0.910. The van der Waals surface area contributed by atoms with Gasteiger partial charge in [-0.2, -0.15) is 4.31 Å². The monoisotopic (exact) mass is 255 g/mol. The number of rotatable bonds is 2. The van der Waals surface area contributed by atoms with Crippen LogP contribution in [0.4, 0.5) is 0 Å².